The Kier molecular flexibility index (Phi) is 5.80. The number of aliphatic imine (C=N–C) groups is 1. The highest BCUT2D eigenvalue weighted by atomic mass is 32.2. The van der Waals surface area contributed by atoms with Crippen LogP contribution >= 0.6 is 23.5 Å². The van der Waals surface area contributed by atoms with Crippen molar-refractivity contribution < 1.29 is 14.7 Å². The number of hydrogen-bond donors (Lipinski definition) is 2. The van der Waals surface area contributed by atoms with Crippen molar-refractivity contribution in [2.24, 2.45) is 4.99 Å². The highest BCUT2D eigenvalue weighted by molar-refractivity contribution is 8.18. The Bertz CT molecular complexity index is 888. The first kappa shape index (κ1) is 18.3. The van der Waals surface area contributed by atoms with Gasteiger partial charge >= 0.3 is 5.97 Å². The van der Waals surface area contributed by atoms with Gasteiger partial charge < -0.3 is 10.4 Å². The van der Waals surface area contributed by atoms with Crippen LogP contribution in [0.1, 0.15) is 11.1 Å². The van der Waals surface area contributed by atoms with Gasteiger partial charge in [-0.3, -0.25) is 9.59 Å². The number of rotatable bonds is 5. The molecule has 0 spiro atoms. The lowest BCUT2D eigenvalue weighted by Crippen LogP contribution is -2.19. The van der Waals surface area contributed by atoms with Crippen LogP contribution in [0.2, 0.25) is 0 Å². The van der Waals surface area contributed by atoms with E-state index in [0.29, 0.717) is 21.3 Å². The maximum Gasteiger partial charge on any atom is 0.307 e. The van der Waals surface area contributed by atoms with Crippen molar-refractivity contribution in [3.8, 4) is 0 Å². The van der Waals surface area contributed by atoms with E-state index in [1.165, 1.54) is 16.7 Å². The lowest BCUT2D eigenvalue weighted by molar-refractivity contribution is -0.136. The Balaban J connectivity index is 1.72. The molecule has 3 rings (SSSR count). The van der Waals surface area contributed by atoms with Gasteiger partial charge in [0.15, 0.2) is 5.17 Å². The Labute approximate surface area is 159 Å². The van der Waals surface area contributed by atoms with E-state index in [9.17, 15) is 9.59 Å². The van der Waals surface area contributed by atoms with Crippen molar-refractivity contribution in [3.05, 3.63) is 64.6 Å². The number of thioether (sulfide) groups is 2. The minimum atomic E-state index is -0.872. The highest BCUT2D eigenvalue weighted by Crippen LogP contribution is 2.28. The number of amides is 1. The van der Waals surface area contributed by atoms with E-state index in [-0.39, 0.29) is 12.3 Å². The first-order valence-corrected chi connectivity index (χ1v) is 9.82. The summed E-state index contributed by atoms with van der Waals surface area (Å²) in [5.74, 6) is -1.05. The third kappa shape index (κ3) is 4.77. The summed E-state index contributed by atoms with van der Waals surface area (Å²) < 4.78 is 0. The van der Waals surface area contributed by atoms with E-state index in [1.807, 2.05) is 36.6 Å². The van der Waals surface area contributed by atoms with Gasteiger partial charge in [0, 0.05) is 4.90 Å². The molecule has 0 unspecified atom stereocenters. The highest BCUT2D eigenvalue weighted by Gasteiger charge is 2.23. The zero-order chi connectivity index (χ0) is 18.5. The molecule has 7 heteroatoms. The molecule has 0 saturated carbocycles. The average Bonchev–Trinajstić information content (AvgIpc) is 2.96. The topological polar surface area (TPSA) is 78.8 Å². The van der Waals surface area contributed by atoms with Crippen molar-refractivity contribution >= 4 is 52.3 Å². The molecule has 1 aliphatic heterocycles. The summed E-state index contributed by atoms with van der Waals surface area (Å²) in [6.07, 6.45) is 3.83. The number of carbonyl (C=O) groups excluding carboxylic acids is 1. The van der Waals surface area contributed by atoms with Gasteiger partial charge in [0.2, 0.25) is 0 Å². The Morgan fingerprint density at radius 2 is 1.88 bits per heavy atom. The van der Waals surface area contributed by atoms with E-state index in [0.717, 1.165) is 5.56 Å². The van der Waals surface area contributed by atoms with E-state index in [2.05, 4.69) is 10.3 Å². The molecule has 0 aromatic heterocycles. The second kappa shape index (κ2) is 8.25. The van der Waals surface area contributed by atoms with E-state index < -0.39 is 5.97 Å². The van der Waals surface area contributed by atoms with Crippen LogP contribution < -0.4 is 5.32 Å². The molecule has 2 N–H and O–H groups in total. The maximum atomic E-state index is 12.1. The molecule has 2 aromatic carbocycles. The van der Waals surface area contributed by atoms with Crippen molar-refractivity contribution in [2.45, 2.75) is 11.3 Å². The largest absolute Gasteiger partial charge is 0.481 e. The van der Waals surface area contributed by atoms with Crippen molar-refractivity contribution in [2.75, 3.05) is 6.26 Å². The van der Waals surface area contributed by atoms with Crippen molar-refractivity contribution in [3.63, 3.8) is 0 Å². The maximum absolute atomic E-state index is 12.1. The number of amidine groups is 1. The number of carboxylic acid groups (broad SMARTS) is 1. The molecule has 0 atom stereocenters. The van der Waals surface area contributed by atoms with Gasteiger partial charge in [-0.05, 0) is 59.5 Å². The van der Waals surface area contributed by atoms with Gasteiger partial charge in [-0.2, -0.15) is 0 Å². The second-order valence-electron chi connectivity index (χ2n) is 5.49. The van der Waals surface area contributed by atoms with Gasteiger partial charge in [0.05, 0.1) is 17.0 Å². The molecule has 1 amide bonds. The summed E-state index contributed by atoms with van der Waals surface area (Å²) >= 11 is 2.95. The van der Waals surface area contributed by atoms with Crippen LogP contribution in [0, 0.1) is 0 Å². The summed E-state index contributed by atoms with van der Waals surface area (Å²) in [7, 11) is 0. The lowest BCUT2D eigenvalue weighted by atomic mass is 10.1. The van der Waals surface area contributed by atoms with E-state index in [1.54, 1.807) is 36.0 Å². The Hall–Kier alpha value is -2.51. The smallest absolute Gasteiger partial charge is 0.307 e. The molecule has 1 heterocycles. The molecule has 1 aliphatic rings. The Morgan fingerprint density at radius 1 is 1.19 bits per heavy atom. The standard InChI is InChI=1S/C19H16N2O3S2/c1-25-15-8-4-12(5-9-15)10-16-18(24)21-19(26-16)20-14-6-2-13(3-7-14)11-17(22)23/h2-10H,11H2,1H3,(H,22,23)(H,20,21,24). The van der Waals surface area contributed by atoms with Crippen molar-refractivity contribution in [1.82, 2.24) is 5.32 Å². The monoisotopic (exact) mass is 384 g/mol. The number of aliphatic carboxylic acids is 1. The number of nitrogens with one attached hydrogen (secondary N) is 1. The third-order valence-corrected chi connectivity index (χ3v) is 5.24. The van der Waals surface area contributed by atoms with Gasteiger partial charge in [-0.25, -0.2) is 4.99 Å². The predicted octanol–water partition coefficient (Wildman–Crippen LogP) is 3.93. The second-order valence-corrected chi connectivity index (χ2v) is 7.40. The minimum absolute atomic E-state index is 0.0233. The van der Waals surface area contributed by atoms with E-state index >= 15 is 0 Å². The summed E-state index contributed by atoms with van der Waals surface area (Å²) in [5, 5.41) is 12.0. The number of hydrogen-bond acceptors (Lipinski definition) is 5. The molecular formula is C19H16N2O3S2. The zero-order valence-electron chi connectivity index (χ0n) is 13.9. The van der Waals surface area contributed by atoms with Crippen LogP contribution in [0.4, 0.5) is 5.69 Å². The third-order valence-electron chi connectivity index (χ3n) is 3.59. The molecule has 0 aliphatic carbocycles. The SMILES string of the molecule is CSc1ccc(C=C2SC(=Nc3ccc(CC(=O)O)cc3)NC2=O)cc1. The molecular weight excluding hydrogens is 368 g/mol. The van der Waals surface area contributed by atoms with Crippen LogP contribution in [0.25, 0.3) is 6.08 Å². The predicted molar refractivity (Wildman–Crippen MR) is 107 cm³/mol. The fourth-order valence-corrected chi connectivity index (χ4v) is 3.56. The molecule has 1 saturated heterocycles. The minimum Gasteiger partial charge on any atom is -0.481 e. The van der Waals surface area contributed by atoms with Crippen LogP contribution in [0.3, 0.4) is 0 Å². The summed E-state index contributed by atoms with van der Waals surface area (Å²) in [6.45, 7) is 0. The molecule has 26 heavy (non-hydrogen) atoms. The van der Waals surface area contributed by atoms with Gasteiger partial charge in [-0.15, -0.1) is 11.8 Å². The fraction of sp³-hybridized carbons (Fsp3) is 0.105. The van der Waals surface area contributed by atoms with Gasteiger partial charge in [0.25, 0.3) is 5.91 Å². The summed E-state index contributed by atoms with van der Waals surface area (Å²) in [4.78, 5) is 29.0. The number of benzene rings is 2. The van der Waals surface area contributed by atoms with Crippen molar-refractivity contribution in [1.29, 1.82) is 0 Å². The number of carbonyl (C=O) groups is 2. The molecule has 0 radical (unpaired) electrons. The summed E-state index contributed by atoms with van der Waals surface area (Å²) in [6, 6.07) is 14.9. The Morgan fingerprint density at radius 3 is 2.50 bits per heavy atom. The zero-order valence-corrected chi connectivity index (χ0v) is 15.6. The molecule has 5 nitrogen and oxygen atoms in total. The summed E-state index contributed by atoms with van der Waals surface area (Å²) in [5.41, 5.74) is 2.33. The molecule has 2 aromatic rings. The number of nitrogens with zero attached hydrogens (tertiary/aromatic N) is 1. The first-order valence-electron chi connectivity index (χ1n) is 7.78. The normalized spacial score (nSPS) is 16.9. The molecule has 132 valence electrons. The van der Waals surface area contributed by atoms with Crippen LogP contribution in [0.5, 0.6) is 0 Å². The fourth-order valence-electron chi connectivity index (χ4n) is 2.31. The average molecular weight is 384 g/mol. The van der Waals surface area contributed by atoms with Gasteiger partial charge in [-0.1, -0.05) is 24.3 Å². The number of carboxylic acids is 1. The molecule has 1 fully saturated rings. The molecule has 0 bridgehead atoms. The van der Waals surface area contributed by atoms with Crippen LogP contribution in [0.15, 0.2) is 63.3 Å². The van der Waals surface area contributed by atoms with Crippen LogP contribution in [-0.4, -0.2) is 28.4 Å². The quantitative estimate of drug-likeness (QED) is 0.603. The van der Waals surface area contributed by atoms with E-state index in [4.69, 9.17) is 5.11 Å². The lowest BCUT2D eigenvalue weighted by Gasteiger charge is -1.99. The van der Waals surface area contributed by atoms with Gasteiger partial charge in [0.1, 0.15) is 0 Å². The van der Waals surface area contributed by atoms with Crippen LogP contribution in [-0.2, 0) is 16.0 Å². The first-order chi connectivity index (χ1) is 12.5.